The Morgan fingerprint density at radius 3 is 2.48 bits per heavy atom. The van der Waals surface area contributed by atoms with Crippen LogP contribution in [0, 0.1) is 5.82 Å². The highest BCUT2D eigenvalue weighted by molar-refractivity contribution is 9.10. The summed E-state index contributed by atoms with van der Waals surface area (Å²) in [6.07, 6.45) is 0. The van der Waals surface area contributed by atoms with Crippen LogP contribution in [0.5, 0.6) is 11.5 Å². The van der Waals surface area contributed by atoms with Crippen LogP contribution >= 0.6 is 15.9 Å². The van der Waals surface area contributed by atoms with Gasteiger partial charge in [0.05, 0.1) is 51.4 Å². The molecule has 9 heteroatoms. The second-order valence-electron chi connectivity index (χ2n) is 7.27. The number of halogens is 2. The van der Waals surface area contributed by atoms with E-state index in [0.717, 1.165) is 18.7 Å². The van der Waals surface area contributed by atoms with Crippen LogP contribution in [0.4, 0.5) is 4.39 Å². The van der Waals surface area contributed by atoms with E-state index in [1.165, 1.54) is 19.2 Å². The fraction of sp³-hybridized carbons (Fsp3) is 0.364. The standard InChI is InChI=1S/C22H23BrFN3O4/c1-29-19-10-16-18(11-20(19)30-2)25-21(13-26-5-7-31-8-6-26)27(22(16)28)12-14-3-4-15(24)9-17(14)23/h3-4,9-11H,5-8,12-13H2,1-2H3. The molecule has 0 N–H and O–H groups in total. The van der Waals surface area contributed by atoms with Gasteiger partial charge in [-0.15, -0.1) is 0 Å². The van der Waals surface area contributed by atoms with Gasteiger partial charge in [0.2, 0.25) is 0 Å². The molecule has 0 saturated carbocycles. The van der Waals surface area contributed by atoms with Gasteiger partial charge in [0, 0.05) is 23.6 Å². The minimum absolute atomic E-state index is 0.189. The van der Waals surface area contributed by atoms with E-state index in [9.17, 15) is 9.18 Å². The fourth-order valence-electron chi connectivity index (χ4n) is 3.66. The van der Waals surface area contributed by atoms with Crippen molar-refractivity contribution < 1.29 is 18.6 Å². The van der Waals surface area contributed by atoms with Crippen molar-refractivity contribution in [3.63, 3.8) is 0 Å². The van der Waals surface area contributed by atoms with Gasteiger partial charge in [-0.1, -0.05) is 22.0 Å². The van der Waals surface area contributed by atoms with Gasteiger partial charge in [0.15, 0.2) is 11.5 Å². The smallest absolute Gasteiger partial charge is 0.261 e. The number of aromatic nitrogens is 2. The molecule has 1 fully saturated rings. The molecule has 7 nitrogen and oxygen atoms in total. The van der Waals surface area contributed by atoms with Gasteiger partial charge in [0.1, 0.15) is 11.6 Å². The molecule has 0 amide bonds. The summed E-state index contributed by atoms with van der Waals surface area (Å²) in [5.41, 5.74) is 1.14. The quantitative estimate of drug-likeness (QED) is 0.527. The molecule has 0 radical (unpaired) electrons. The Labute approximate surface area is 187 Å². The van der Waals surface area contributed by atoms with Crippen LogP contribution in [0.25, 0.3) is 10.9 Å². The summed E-state index contributed by atoms with van der Waals surface area (Å²) in [6, 6.07) is 7.82. The van der Waals surface area contributed by atoms with Crippen molar-refractivity contribution in [1.82, 2.24) is 14.5 Å². The van der Waals surface area contributed by atoms with Crippen molar-refractivity contribution in [2.45, 2.75) is 13.1 Å². The molecule has 1 saturated heterocycles. The number of fused-ring (bicyclic) bond motifs is 1. The number of hydrogen-bond acceptors (Lipinski definition) is 6. The topological polar surface area (TPSA) is 65.8 Å². The Morgan fingerprint density at radius 1 is 1.10 bits per heavy atom. The van der Waals surface area contributed by atoms with E-state index in [1.54, 1.807) is 29.9 Å². The number of methoxy groups -OCH3 is 2. The first-order chi connectivity index (χ1) is 15.0. The van der Waals surface area contributed by atoms with Crippen LogP contribution in [0.2, 0.25) is 0 Å². The van der Waals surface area contributed by atoms with Gasteiger partial charge in [-0.25, -0.2) is 9.37 Å². The molecular weight excluding hydrogens is 469 g/mol. The van der Waals surface area contributed by atoms with Gasteiger partial charge >= 0.3 is 0 Å². The molecule has 3 aromatic rings. The third-order valence-corrected chi connectivity index (χ3v) is 6.09. The van der Waals surface area contributed by atoms with E-state index >= 15 is 0 Å². The van der Waals surface area contributed by atoms with Crippen LogP contribution in [0.15, 0.2) is 39.6 Å². The van der Waals surface area contributed by atoms with Crippen molar-refractivity contribution in [1.29, 1.82) is 0 Å². The molecule has 0 unspecified atom stereocenters. The molecule has 1 aliphatic heterocycles. The Kier molecular flexibility index (Phi) is 6.54. The molecule has 0 spiro atoms. The zero-order chi connectivity index (χ0) is 22.0. The third-order valence-electron chi connectivity index (χ3n) is 5.35. The van der Waals surface area contributed by atoms with Gasteiger partial charge in [0.25, 0.3) is 5.56 Å². The second-order valence-corrected chi connectivity index (χ2v) is 8.12. The Hall–Kier alpha value is -2.49. The molecule has 2 heterocycles. The van der Waals surface area contributed by atoms with E-state index in [-0.39, 0.29) is 17.9 Å². The first kappa shape index (κ1) is 21.7. The summed E-state index contributed by atoms with van der Waals surface area (Å²) < 4.78 is 32.0. The van der Waals surface area contributed by atoms with E-state index < -0.39 is 0 Å². The number of ether oxygens (including phenoxy) is 3. The van der Waals surface area contributed by atoms with E-state index in [1.807, 2.05) is 0 Å². The van der Waals surface area contributed by atoms with Gasteiger partial charge in [-0.2, -0.15) is 0 Å². The van der Waals surface area contributed by atoms with Gasteiger partial charge in [-0.3, -0.25) is 14.3 Å². The van der Waals surface area contributed by atoms with Crippen molar-refractivity contribution in [3.05, 3.63) is 62.4 Å². The average molecular weight is 492 g/mol. The van der Waals surface area contributed by atoms with E-state index in [0.29, 0.717) is 52.5 Å². The molecule has 0 aliphatic carbocycles. The lowest BCUT2D eigenvalue weighted by atomic mass is 10.2. The minimum atomic E-state index is -0.343. The number of nitrogens with zero attached hydrogens (tertiary/aromatic N) is 3. The van der Waals surface area contributed by atoms with Crippen LogP contribution < -0.4 is 15.0 Å². The molecule has 2 aromatic carbocycles. The predicted molar refractivity (Wildman–Crippen MR) is 118 cm³/mol. The second kappa shape index (κ2) is 9.33. The third kappa shape index (κ3) is 4.58. The van der Waals surface area contributed by atoms with Crippen molar-refractivity contribution >= 4 is 26.8 Å². The van der Waals surface area contributed by atoms with Crippen LogP contribution in [-0.2, 0) is 17.8 Å². The summed E-state index contributed by atoms with van der Waals surface area (Å²) in [7, 11) is 3.07. The van der Waals surface area contributed by atoms with Crippen molar-refractivity contribution in [2.24, 2.45) is 0 Å². The lowest BCUT2D eigenvalue weighted by Gasteiger charge is -2.27. The first-order valence-corrected chi connectivity index (χ1v) is 10.7. The molecule has 0 atom stereocenters. The maximum atomic E-state index is 13.6. The zero-order valence-corrected chi connectivity index (χ0v) is 18.9. The van der Waals surface area contributed by atoms with Crippen molar-refractivity contribution in [3.8, 4) is 11.5 Å². The number of rotatable bonds is 6. The first-order valence-electron chi connectivity index (χ1n) is 9.89. The Bertz CT molecular complexity index is 1160. The highest BCUT2D eigenvalue weighted by Crippen LogP contribution is 2.30. The highest BCUT2D eigenvalue weighted by Gasteiger charge is 2.19. The molecular formula is C22H23BrFN3O4. The maximum Gasteiger partial charge on any atom is 0.261 e. The Morgan fingerprint density at radius 2 is 1.81 bits per heavy atom. The summed E-state index contributed by atoms with van der Waals surface area (Å²) in [4.78, 5) is 20.6. The van der Waals surface area contributed by atoms with E-state index in [2.05, 4.69) is 20.8 Å². The van der Waals surface area contributed by atoms with Crippen molar-refractivity contribution in [2.75, 3.05) is 40.5 Å². The lowest BCUT2D eigenvalue weighted by molar-refractivity contribution is 0.0325. The molecule has 164 valence electrons. The lowest BCUT2D eigenvalue weighted by Crippen LogP contribution is -2.38. The largest absolute Gasteiger partial charge is 0.493 e. The van der Waals surface area contributed by atoms with Crippen LogP contribution in [0.3, 0.4) is 0 Å². The number of benzene rings is 2. The summed E-state index contributed by atoms with van der Waals surface area (Å²) in [5.74, 6) is 1.26. The molecule has 31 heavy (non-hydrogen) atoms. The zero-order valence-electron chi connectivity index (χ0n) is 17.4. The summed E-state index contributed by atoms with van der Waals surface area (Å²) in [5, 5.41) is 0.432. The monoisotopic (exact) mass is 491 g/mol. The fourth-order valence-corrected chi connectivity index (χ4v) is 4.13. The molecule has 4 rings (SSSR count). The normalized spacial score (nSPS) is 14.7. The van der Waals surface area contributed by atoms with Crippen LogP contribution in [0.1, 0.15) is 11.4 Å². The summed E-state index contributed by atoms with van der Waals surface area (Å²) in [6.45, 7) is 3.58. The molecule has 1 aliphatic rings. The maximum absolute atomic E-state index is 13.6. The number of hydrogen-bond donors (Lipinski definition) is 0. The molecule has 0 bridgehead atoms. The summed E-state index contributed by atoms with van der Waals surface area (Å²) >= 11 is 3.40. The molecule has 1 aromatic heterocycles. The minimum Gasteiger partial charge on any atom is -0.493 e. The number of morpholine rings is 1. The van der Waals surface area contributed by atoms with Gasteiger partial charge in [-0.05, 0) is 23.8 Å². The van der Waals surface area contributed by atoms with E-state index in [4.69, 9.17) is 19.2 Å². The highest BCUT2D eigenvalue weighted by atomic mass is 79.9. The SMILES string of the molecule is COc1cc2nc(CN3CCOCC3)n(Cc3ccc(F)cc3Br)c(=O)c2cc1OC. The predicted octanol–water partition coefficient (Wildman–Crippen LogP) is 3.20. The average Bonchev–Trinajstić information content (AvgIpc) is 2.77. The Balaban J connectivity index is 1.85. The van der Waals surface area contributed by atoms with Crippen LogP contribution in [-0.4, -0.2) is 55.0 Å². The van der Waals surface area contributed by atoms with Gasteiger partial charge < -0.3 is 14.2 Å².